The van der Waals surface area contributed by atoms with Crippen LogP contribution in [0.1, 0.15) is 34.5 Å². The summed E-state index contributed by atoms with van der Waals surface area (Å²) in [5.41, 5.74) is 1.57. The Bertz CT molecular complexity index is 695. The van der Waals surface area contributed by atoms with Gasteiger partial charge in [0.15, 0.2) is 0 Å². The Labute approximate surface area is 161 Å². The standard InChI is InChI=1S/C17H19ClN2OS2.ClH/c18-15-2-1-13(23-15)16(21)20(10-12-3-8-22-11-12)14-9-17(14)4-6-19-7-5-17;/h1-3,8,11,14,19H,4-7,9-10H2;1H. The fourth-order valence-corrected chi connectivity index (χ4v) is 5.36. The molecule has 0 radical (unpaired) electrons. The first-order valence-corrected chi connectivity index (χ1v) is 10.1. The second kappa shape index (κ2) is 7.34. The molecule has 3 heterocycles. The van der Waals surface area contributed by atoms with Crippen molar-refractivity contribution >= 4 is 52.6 Å². The van der Waals surface area contributed by atoms with E-state index in [1.165, 1.54) is 29.7 Å². The third-order valence-corrected chi connectivity index (χ3v) is 7.05. The number of hydrogen-bond donors (Lipinski definition) is 1. The molecule has 7 heteroatoms. The molecule has 1 saturated heterocycles. The van der Waals surface area contributed by atoms with Crippen molar-refractivity contribution < 1.29 is 4.79 Å². The summed E-state index contributed by atoms with van der Waals surface area (Å²) >= 11 is 9.10. The van der Waals surface area contributed by atoms with Gasteiger partial charge < -0.3 is 10.2 Å². The highest BCUT2D eigenvalue weighted by molar-refractivity contribution is 7.18. The number of thiophene rings is 2. The monoisotopic (exact) mass is 402 g/mol. The predicted octanol–water partition coefficient (Wildman–Crippen LogP) is 4.67. The van der Waals surface area contributed by atoms with E-state index in [0.717, 1.165) is 24.4 Å². The summed E-state index contributed by atoms with van der Waals surface area (Å²) in [6.45, 7) is 2.85. The molecule has 2 fully saturated rings. The van der Waals surface area contributed by atoms with E-state index in [1.807, 2.05) is 12.1 Å². The molecule has 24 heavy (non-hydrogen) atoms. The van der Waals surface area contributed by atoms with Gasteiger partial charge in [-0.05, 0) is 72.3 Å². The molecule has 2 aliphatic rings. The van der Waals surface area contributed by atoms with Crippen molar-refractivity contribution in [1.29, 1.82) is 0 Å². The van der Waals surface area contributed by atoms with Crippen LogP contribution in [0.25, 0.3) is 0 Å². The highest BCUT2D eigenvalue weighted by Gasteiger charge is 2.57. The van der Waals surface area contributed by atoms with Gasteiger partial charge in [0.2, 0.25) is 0 Å². The zero-order valence-electron chi connectivity index (χ0n) is 13.2. The highest BCUT2D eigenvalue weighted by atomic mass is 35.5. The fraction of sp³-hybridized carbons (Fsp3) is 0.471. The van der Waals surface area contributed by atoms with Gasteiger partial charge in [0.25, 0.3) is 5.91 Å². The first-order chi connectivity index (χ1) is 11.2. The molecule has 1 unspecified atom stereocenters. The van der Waals surface area contributed by atoms with Gasteiger partial charge >= 0.3 is 0 Å². The van der Waals surface area contributed by atoms with Gasteiger partial charge in [-0.1, -0.05) is 11.6 Å². The van der Waals surface area contributed by atoms with Crippen molar-refractivity contribution in [2.45, 2.75) is 31.8 Å². The number of nitrogens with one attached hydrogen (secondary N) is 1. The van der Waals surface area contributed by atoms with Gasteiger partial charge in [0.05, 0.1) is 9.21 Å². The minimum absolute atomic E-state index is 0. The summed E-state index contributed by atoms with van der Waals surface area (Å²) in [6, 6.07) is 6.16. The normalized spacial score (nSPS) is 21.3. The van der Waals surface area contributed by atoms with Gasteiger partial charge in [0.1, 0.15) is 0 Å². The molecule has 0 bridgehead atoms. The van der Waals surface area contributed by atoms with Crippen LogP contribution in [0.3, 0.4) is 0 Å². The summed E-state index contributed by atoms with van der Waals surface area (Å²) in [6.07, 6.45) is 3.50. The number of rotatable bonds is 4. The van der Waals surface area contributed by atoms with E-state index in [4.69, 9.17) is 11.6 Å². The SMILES string of the molecule is Cl.O=C(c1ccc(Cl)s1)N(Cc1ccsc1)C1CC12CCNCC2. The lowest BCUT2D eigenvalue weighted by Crippen LogP contribution is -2.38. The van der Waals surface area contributed by atoms with Crippen molar-refractivity contribution in [2.75, 3.05) is 13.1 Å². The average molecular weight is 403 g/mol. The smallest absolute Gasteiger partial charge is 0.264 e. The van der Waals surface area contributed by atoms with Crippen LogP contribution in [0.5, 0.6) is 0 Å². The van der Waals surface area contributed by atoms with Gasteiger partial charge in [0, 0.05) is 12.6 Å². The lowest BCUT2D eigenvalue weighted by Gasteiger charge is -2.29. The van der Waals surface area contributed by atoms with Crippen molar-refractivity contribution in [3.63, 3.8) is 0 Å². The predicted molar refractivity (Wildman–Crippen MR) is 104 cm³/mol. The number of carbonyl (C=O) groups is 1. The van der Waals surface area contributed by atoms with E-state index in [1.54, 1.807) is 11.3 Å². The van der Waals surface area contributed by atoms with Gasteiger partial charge in [-0.15, -0.1) is 23.7 Å². The number of nitrogens with zero attached hydrogens (tertiary/aromatic N) is 1. The summed E-state index contributed by atoms with van der Waals surface area (Å²) in [4.78, 5) is 15.9. The minimum Gasteiger partial charge on any atom is -0.330 e. The van der Waals surface area contributed by atoms with E-state index < -0.39 is 0 Å². The molecular weight excluding hydrogens is 383 g/mol. The molecule has 2 aromatic heterocycles. The lowest BCUT2D eigenvalue weighted by molar-refractivity contribution is 0.0697. The number of halogens is 2. The Morgan fingerprint density at radius 3 is 2.75 bits per heavy atom. The largest absolute Gasteiger partial charge is 0.330 e. The quantitative estimate of drug-likeness (QED) is 0.805. The van der Waals surface area contributed by atoms with Crippen LogP contribution >= 0.6 is 46.7 Å². The second-order valence-electron chi connectivity index (χ2n) is 6.50. The Morgan fingerprint density at radius 2 is 2.12 bits per heavy atom. The molecule has 1 amide bonds. The molecule has 1 aliphatic heterocycles. The fourth-order valence-electron chi connectivity index (χ4n) is 3.70. The zero-order chi connectivity index (χ0) is 15.9. The molecule has 1 N–H and O–H groups in total. The number of piperidine rings is 1. The zero-order valence-corrected chi connectivity index (χ0v) is 16.4. The number of carbonyl (C=O) groups excluding carboxylic acids is 1. The van der Waals surface area contributed by atoms with Gasteiger partial charge in [-0.2, -0.15) is 11.3 Å². The third kappa shape index (κ3) is 3.51. The summed E-state index contributed by atoms with van der Waals surface area (Å²) < 4.78 is 0.677. The Kier molecular flexibility index (Phi) is 5.57. The first kappa shape index (κ1) is 18.2. The minimum atomic E-state index is 0. The summed E-state index contributed by atoms with van der Waals surface area (Å²) in [5, 5.41) is 7.65. The number of amides is 1. The van der Waals surface area contributed by atoms with Crippen LogP contribution in [0, 0.1) is 5.41 Å². The molecule has 3 nitrogen and oxygen atoms in total. The van der Waals surface area contributed by atoms with Crippen molar-refractivity contribution in [3.8, 4) is 0 Å². The molecule has 0 aromatic carbocycles. The van der Waals surface area contributed by atoms with Gasteiger partial charge in [-0.25, -0.2) is 0 Å². The molecule has 130 valence electrons. The van der Waals surface area contributed by atoms with Crippen LogP contribution in [0.2, 0.25) is 4.34 Å². The van der Waals surface area contributed by atoms with Crippen molar-refractivity contribution in [3.05, 3.63) is 43.7 Å². The molecule has 1 spiro atoms. The second-order valence-corrected chi connectivity index (χ2v) is 9.00. The Hall–Kier alpha value is -0.590. The van der Waals surface area contributed by atoms with Crippen LogP contribution in [-0.4, -0.2) is 29.9 Å². The molecule has 1 atom stereocenters. The van der Waals surface area contributed by atoms with E-state index in [2.05, 4.69) is 27.0 Å². The van der Waals surface area contributed by atoms with E-state index in [-0.39, 0.29) is 18.3 Å². The van der Waals surface area contributed by atoms with Crippen LogP contribution in [0.4, 0.5) is 0 Å². The maximum Gasteiger partial charge on any atom is 0.264 e. The maximum absolute atomic E-state index is 13.1. The van der Waals surface area contributed by atoms with Crippen molar-refractivity contribution in [2.24, 2.45) is 5.41 Å². The lowest BCUT2D eigenvalue weighted by atomic mass is 9.93. The molecular formula is C17H20Cl2N2OS2. The number of hydrogen-bond acceptors (Lipinski definition) is 4. The first-order valence-electron chi connectivity index (χ1n) is 7.96. The molecule has 4 rings (SSSR count). The van der Waals surface area contributed by atoms with Crippen LogP contribution in [0.15, 0.2) is 29.0 Å². The molecule has 1 saturated carbocycles. The van der Waals surface area contributed by atoms with Gasteiger partial charge in [-0.3, -0.25) is 4.79 Å². The highest BCUT2D eigenvalue weighted by Crippen LogP contribution is 2.56. The Morgan fingerprint density at radius 1 is 1.33 bits per heavy atom. The summed E-state index contributed by atoms with van der Waals surface area (Å²) in [5.74, 6) is 0.133. The average Bonchev–Trinajstić information content (AvgIpc) is 2.97. The molecule has 1 aliphatic carbocycles. The van der Waals surface area contributed by atoms with Crippen LogP contribution < -0.4 is 5.32 Å². The summed E-state index contributed by atoms with van der Waals surface area (Å²) in [7, 11) is 0. The molecule has 2 aromatic rings. The maximum atomic E-state index is 13.1. The van der Waals surface area contributed by atoms with E-state index in [9.17, 15) is 4.79 Å². The Balaban J connectivity index is 0.00000169. The van der Waals surface area contributed by atoms with Crippen LogP contribution in [-0.2, 0) is 6.54 Å². The van der Waals surface area contributed by atoms with Crippen molar-refractivity contribution in [1.82, 2.24) is 10.2 Å². The van der Waals surface area contributed by atoms with E-state index >= 15 is 0 Å². The topological polar surface area (TPSA) is 32.3 Å². The van der Waals surface area contributed by atoms with E-state index in [0.29, 0.717) is 22.3 Å². The third-order valence-electron chi connectivity index (χ3n) is 5.10.